The minimum atomic E-state index is -1.10. The molecule has 2 aromatic heterocycles. The Kier molecular flexibility index (Phi) is 10.1. The van der Waals surface area contributed by atoms with Crippen molar-refractivity contribution in [2.45, 2.75) is 97.2 Å². The van der Waals surface area contributed by atoms with Crippen LogP contribution in [0.15, 0.2) is 17.6 Å². The Labute approximate surface area is 243 Å². The van der Waals surface area contributed by atoms with E-state index in [1.807, 2.05) is 0 Å². The first kappa shape index (κ1) is 30.9. The van der Waals surface area contributed by atoms with Gasteiger partial charge in [0.25, 0.3) is 0 Å². The lowest BCUT2D eigenvalue weighted by Crippen LogP contribution is -2.40. The monoisotopic (exact) mass is 586 g/mol. The van der Waals surface area contributed by atoms with Gasteiger partial charge < -0.3 is 28.8 Å². The lowest BCUT2D eigenvalue weighted by Gasteiger charge is -2.24. The van der Waals surface area contributed by atoms with Gasteiger partial charge in [-0.1, -0.05) is 39.0 Å². The fraction of sp³-hybridized carbons (Fsp3) is 0.607. The number of rotatable bonds is 12. The standard InChI is InChI=1S/C28H38N6O8/c1-6-7-8-9-10-11-12-21(38)31-25-19-13-34(27-22(19)26(29-15-30-27)33(5)32-25)28-24(41-18(4)37)23(40-17(3)36)20(42-28)14-39-16(2)35/h13,15,20,23-24,28H,6-12,14H2,1-5H3,(H,31,32,38)/t20-,23-,24-,28-/m1/s1. The smallest absolute Gasteiger partial charge is 0.303 e. The predicted molar refractivity (Wildman–Crippen MR) is 150 cm³/mol. The highest BCUT2D eigenvalue weighted by molar-refractivity contribution is 6.18. The van der Waals surface area contributed by atoms with E-state index in [-0.39, 0.29) is 12.5 Å². The molecule has 4 heterocycles. The van der Waals surface area contributed by atoms with Gasteiger partial charge in [-0.3, -0.25) is 19.2 Å². The number of ether oxygens (including phenoxy) is 4. The molecule has 0 bridgehead atoms. The summed E-state index contributed by atoms with van der Waals surface area (Å²) in [4.78, 5) is 57.4. The number of carbonyl (C=O) groups excluding carboxylic acids is 4. The zero-order chi connectivity index (χ0) is 30.4. The molecule has 42 heavy (non-hydrogen) atoms. The molecular formula is C28H38N6O8. The molecule has 228 valence electrons. The maximum Gasteiger partial charge on any atom is 0.303 e. The minimum absolute atomic E-state index is 0.162. The number of carbonyl (C=O) groups is 4. The number of hydrogen-bond donors (Lipinski definition) is 1. The van der Waals surface area contributed by atoms with E-state index in [9.17, 15) is 19.2 Å². The number of unbranched alkanes of at least 4 members (excludes halogenated alkanes) is 5. The zero-order valence-electron chi connectivity index (χ0n) is 24.6. The van der Waals surface area contributed by atoms with Crippen molar-refractivity contribution in [2.24, 2.45) is 5.10 Å². The van der Waals surface area contributed by atoms with E-state index in [1.165, 1.54) is 33.5 Å². The van der Waals surface area contributed by atoms with Gasteiger partial charge in [0.1, 0.15) is 24.7 Å². The summed E-state index contributed by atoms with van der Waals surface area (Å²) < 4.78 is 24.1. The molecule has 0 saturated carbocycles. The Morgan fingerprint density at radius 3 is 2.33 bits per heavy atom. The third kappa shape index (κ3) is 7.04. The lowest BCUT2D eigenvalue weighted by atomic mass is 10.1. The third-order valence-electron chi connectivity index (χ3n) is 7.03. The second-order valence-corrected chi connectivity index (χ2v) is 10.4. The maximum atomic E-state index is 12.9. The van der Waals surface area contributed by atoms with E-state index in [2.05, 4.69) is 27.3 Å². The number of nitrogens with zero attached hydrogens (tertiary/aromatic N) is 5. The lowest BCUT2D eigenvalue weighted by molar-refractivity contribution is -0.166. The quantitative estimate of drug-likeness (QED) is 0.221. The molecule has 0 spiro atoms. The molecule has 0 aliphatic carbocycles. The molecule has 1 saturated heterocycles. The van der Waals surface area contributed by atoms with E-state index in [0.717, 1.165) is 32.1 Å². The highest BCUT2D eigenvalue weighted by atomic mass is 16.7. The first-order valence-electron chi connectivity index (χ1n) is 14.2. The van der Waals surface area contributed by atoms with Crippen LogP contribution in [0.25, 0.3) is 11.0 Å². The number of amidine groups is 1. The number of hydrazone groups is 1. The highest BCUT2D eigenvalue weighted by Crippen LogP contribution is 2.39. The molecule has 2 aromatic rings. The SMILES string of the molecule is CCCCCCCCC(=O)NC1=NN(C)c2ncnc3c2c1cn3[C@@H]1O[C@H](COC(C)=O)[C@@H](OC(C)=O)[C@H]1OC(C)=O. The van der Waals surface area contributed by atoms with E-state index >= 15 is 0 Å². The molecule has 2 aliphatic rings. The summed E-state index contributed by atoms with van der Waals surface area (Å²) in [6.07, 6.45) is 5.63. The number of esters is 3. The molecule has 0 unspecified atom stereocenters. The van der Waals surface area contributed by atoms with Crippen molar-refractivity contribution in [3.63, 3.8) is 0 Å². The van der Waals surface area contributed by atoms with Crippen LogP contribution in [-0.4, -0.2) is 76.2 Å². The summed E-state index contributed by atoms with van der Waals surface area (Å²) in [7, 11) is 1.71. The topological polar surface area (TPSA) is 164 Å². The van der Waals surface area contributed by atoms with Crippen LogP contribution in [0.3, 0.4) is 0 Å². The molecule has 4 rings (SSSR count). The molecular weight excluding hydrogens is 548 g/mol. The summed E-state index contributed by atoms with van der Waals surface area (Å²) in [5.41, 5.74) is 0.962. The van der Waals surface area contributed by atoms with Crippen LogP contribution in [0.1, 0.15) is 84.4 Å². The fourth-order valence-corrected chi connectivity index (χ4v) is 5.21. The number of aromatic nitrogens is 3. The Bertz CT molecular complexity index is 1360. The Morgan fingerprint density at radius 1 is 0.952 bits per heavy atom. The average molecular weight is 587 g/mol. The van der Waals surface area contributed by atoms with Gasteiger partial charge in [0.15, 0.2) is 30.1 Å². The van der Waals surface area contributed by atoms with Gasteiger partial charge in [-0.25, -0.2) is 15.0 Å². The molecule has 0 radical (unpaired) electrons. The number of anilines is 1. The van der Waals surface area contributed by atoms with Crippen LogP contribution in [-0.2, 0) is 38.1 Å². The fourth-order valence-electron chi connectivity index (χ4n) is 5.21. The van der Waals surface area contributed by atoms with E-state index in [0.29, 0.717) is 34.7 Å². The van der Waals surface area contributed by atoms with Crippen LogP contribution in [0, 0.1) is 0 Å². The average Bonchev–Trinajstić information content (AvgIpc) is 3.46. The summed E-state index contributed by atoms with van der Waals surface area (Å²) in [6, 6.07) is 0. The molecule has 1 N–H and O–H groups in total. The highest BCUT2D eigenvalue weighted by Gasteiger charge is 2.51. The van der Waals surface area contributed by atoms with Gasteiger partial charge in [-0.05, 0) is 6.42 Å². The van der Waals surface area contributed by atoms with Gasteiger partial charge in [0, 0.05) is 40.4 Å². The van der Waals surface area contributed by atoms with Crippen molar-refractivity contribution in [3.8, 4) is 0 Å². The molecule has 0 aromatic carbocycles. The normalized spacial score (nSPS) is 21.2. The van der Waals surface area contributed by atoms with Crippen molar-refractivity contribution in [3.05, 3.63) is 18.1 Å². The van der Waals surface area contributed by atoms with Crippen LogP contribution < -0.4 is 10.3 Å². The summed E-state index contributed by atoms with van der Waals surface area (Å²) in [5.74, 6) is -1.15. The Morgan fingerprint density at radius 2 is 1.64 bits per heavy atom. The van der Waals surface area contributed by atoms with Gasteiger partial charge >= 0.3 is 17.9 Å². The van der Waals surface area contributed by atoms with Crippen molar-refractivity contribution < 1.29 is 38.1 Å². The number of amides is 1. The minimum Gasteiger partial charge on any atom is -0.463 e. The zero-order valence-corrected chi connectivity index (χ0v) is 24.6. The third-order valence-corrected chi connectivity index (χ3v) is 7.03. The second-order valence-electron chi connectivity index (χ2n) is 10.4. The molecule has 14 heteroatoms. The summed E-state index contributed by atoms with van der Waals surface area (Å²) in [6.45, 7) is 5.62. The first-order chi connectivity index (χ1) is 20.1. The van der Waals surface area contributed by atoms with Crippen LogP contribution >= 0.6 is 0 Å². The van der Waals surface area contributed by atoms with Crippen LogP contribution in [0.5, 0.6) is 0 Å². The van der Waals surface area contributed by atoms with Crippen molar-refractivity contribution in [1.29, 1.82) is 0 Å². The second kappa shape index (κ2) is 13.7. The molecule has 1 amide bonds. The van der Waals surface area contributed by atoms with Crippen LogP contribution in [0.4, 0.5) is 5.82 Å². The molecule has 1 fully saturated rings. The number of nitrogens with one attached hydrogen (secondary N) is 1. The van der Waals surface area contributed by atoms with Crippen molar-refractivity contribution >= 4 is 46.5 Å². The van der Waals surface area contributed by atoms with Gasteiger partial charge in [0.05, 0.1) is 10.9 Å². The van der Waals surface area contributed by atoms with Gasteiger partial charge in [0.2, 0.25) is 5.91 Å². The Hall–Kier alpha value is -4.07. The molecule has 4 atom stereocenters. The molecule has 2 aliphatic heterocycles. The van der Waals surface area contributed by atoms with E-state index in [4.69, 9.17) is 18.9 Å². The summed E-state index contributed by atoms with van der Waals surface area (Å²) >= 11 is 0. The largest absolute Gasteiger partial charge is 0.463 e. The van der Waals surface area contributed by atoms with Crippen molar-refractivity contribution in [2.75, 3.05) is 18.7 Å². The van der Waals surface area contributed by atoms with Gasteiger partial charge in [-0.2, -0.15) is 5.10 Å². The molecule has 14 nitrogen and oxygen atoms in total. The number of hydrogen-bond acceptors (Lipinski definition) is 12. The van der Waals surface area contributed by atoms with Crippen molar-refractivity contribution in [1.82, 2.24) is 19.9 Å². The van der Waals surface area contributed by atoms with E-state index < -0.39 is 42.4 Å². The summed E-state index contributed by atoms with van der Waals surface area (Å²) in [5, 5.41) is 9.61. The van der Waals surface area contributed by atoms with E-state index in [1.54, 1.807) is 22.8 Å². The maximum absolute atomic E-state index is 12.9. The first-order valence-corrected chi connectivity index (χ1v) is 14.2. The van der Waals surface area contributed by atoms with Crippen LogP contribution in [0.2, 0.25) is 0 Å². The Balaban J connectivity index is 1.65. The van der Waals surface area contributed by atoms with Gasteiger partial charge in [-0.15, -0.1) is 0 Å². The predicted octanol–water partition coefficient (Wildman–Crippen LogP) is 2.73.